The summed E-state index contributed by atoms with van der Waals surface area (Å²) >= 11 is 0. The number of hydrogen-bond donors (Lipinski definition) is 3. The third-order valence-corrected chi connectivity index (χ3v) is 3.02. The quantitative estimate of drug-likeness (QED) is 0.675. The predicted molar refractivity (Wildman–Crippen MR) is 76.1 cm³/mol. The molecule has 0 spiro atoms. The fourth-order valence-electron chi connectivity index (χ4n) is 1.81. The van der Waals surface area contributed by atoms with Gasteiger partial charge in [0.05, 0.1) is 12.6 Å². The molecule has 0 aliphatic carbocycles. The Morgan fingerprint density at radius 3 is 2.45 bits per heavy atom. The number of nitrogens with zero attached hydrogens (tertiary/aromatic N) is 1. The zero-order valence-corrected chi connectivity index (χ0v) is 11.8. The van der Waals surface area contributed by atoms with E-state index in [9.17, 15) is 14.7 Å². The van der Waals surface area contributed by atoms with E-state index in [-0.39, 0.29) is 24.1 Å². The third kappa shape index (κ3) is 4.55. The summed E-state index contributed by atoms with van der Waals surface area (Å²) in [4.78, 5) is 24.9. The molecule has 0 saturated carbocycles. The molecule has 0 aliphatic rings. The van der Waals surface area contributed by atoms with Gasteiger partial charge in [-0.05, 0) is 31.0 Å². The van der Waals surface area contributed by atoms with Crippen molar-refractivity contribution in [2.75, 3.05) is 20.1 Å². The van der Waals surface area contributed by atoms with Gasteiger partial charge in [-0.3, -0.25) is 9.59 Å². The first kappa shape index (κ1) is 16.0. The van der Waals surface area contributed by atoms with Crippen molar-refractivity contribution in [2.45, 2.75) is 19.4 Å². The molecule has 0 radical (unpaired) electrons. The maximum absolute atomic E-state index is 12.2. The van der Waals surface area contributed by atoms with Gasteiger partial charge in [-0.15, -0.1) is 0 Å². The minimum absolute atomic E-state index is 0.00904. The number of nitrogens with two attached hydrogens (primary N) is 1. The summed E-state index contributed by atoms with van der Waals surface area (Å²) in [5.41, 5.74) is 6.76. The number of nitrogens with one attached hydrogen (secondary N) is 1. The highest BCUT2D eigenvalue weighted by Crippen LogP contribution is 2.11. The van der Waals surface area contributed by atoms with E-state index >= 15 is 0 Å². The lowest BCUT2D eigenvalue weighted by Gasteiger charge is -2.23. The topological polar surface area (TPSA) is 95.7 Å². The lowest BCUT2D eigenvalue weighted by atomic mass is 10.1. The van der Waals surface area contributed by atoms with Crippen LogP contribution >= 0.6 is 0 Å². The Bertz CT molecular complexity index is 459. The molecule has 6 heteroatoms. The van der Waals surface area contributed by atoms with Gasteiger partial charge in [0.2, 0.25) is 11.8 Å². The monoisotopic (exact) mass is 279 g/mol. The molecule has 0 bridgehead atoms. The second-order valence-electron chi connectivity index (χ2n) is 4.50. The molecule has 110 valence electrons. The molecule has 0 saturated heterocycles. The van der Waals surface area contributed by atoms with Gasteiger partial charge < -0.3 is 21.1 Å². The molecule has 1 aromatic carbocycles. The standard InChI is InChI=1S/C14H21N3O3/c1-3-17(9-13(19)16-2)14(20)12(15)8-10-4-6-11(18)7-5-10/h4-7,12,18H,3,8-9,15H2,1-2H3,(H,16,19)/t12-/m0/s1. The molecular weight excluding hydrogens is 258 g/mol. The number of phenols is 1. The van der Waals surface area contributed by atoms with Crippen molar-refractivity contribution in [3.63, 3.8) is 0 Å². The number of benzene rings is 1. The summed E-state index contributed by atoms with van der Waals surface area (Å²) in [7, 11) is 1.52. The summed E-state index contributed by atoms with van der Waals surface area (Å²) in [6.07, 6.45) is 0.364. The van der Waals surface area contributed by atoms with E-state index in [0.29, 0.717) is 13.0 Å². The first-order chi connectivity index (χ1) is 9.47. The maximum Gasteiger partial charge on any atom is 0.240 e. The van der Waals surface area contributed by atoms with Gasteiger partial charge in [0.1, 0.15) is 5.75 Å². The lowest BCUT2D eigenvalue weighted by Crippen LogP contribution is -2.48. The van der Waals surface area contributed by atoms with Crippen LogP contribution in [-0.2, 0) is 16.0 Å². The highest BCUT2D eigenvalue weighted by Gasteiger charge is 2.21. The van der Waals surface area contributed by atoms with Crippen LogP contribution in [0.1, 0.15) is 12.5 Å². The summed E-state index contributed by atoms with van der Waals surface area (Å²) in [5.74, 6) is -0.315. The molecule has 0 fully saturated rings. The van der Waals surface area contributed by atoms with Gasteiger partial charge in [0.25, 0.3) is 0 Å². The number of aromatic hydroxyl groups is 1. The molecule has 1 atom stereocenters. The predicted octanol–water partition coefficient (Wildman–Crippen LogP) is -0.143. The largest absolute Gasteiger partial charge is 0.508 e. The Kier molecular flexibility index (Phi) is 5.99. The number of carbonyl (C=O) groups is 2. The lowest BCUT2D eigenvalue weighted by molar-refractivity contribution is -0.136. The van der Waals surface area contributed by atoms with Crippen LogP contribution in [0.25, 0.3) is 0 Å². The van der Waals surface area contributed by atoms with Crippen LogP contribution in [0.2, 0.25) is 0 Å². The number of likely N-dealkylation sites (N-methyl/N-ethyl adjacent to an activating group) is 2. The van der Waals surface area contributed by atoms with E-state index < -0.39 is 6.04 Å². The zero-order chi connectivity index (χ0) is 15.1. The molecule has 20 heavy (non-hydrogen) atoms. The van der Waals surface area contributed by atoms with Gasteiger partial charge in [-0.25, -0.2) is 0 Å². The minimum atomic E-state index is -0.704. The van der Waals surface area contributed by atoms with E-state index in [1.54, 1.807) is 31.2 Å². The summed E-state index contributed by atoms with van der Waals surface area (Å²) in [6.45, 7) is 2.23. The Labute approximate surface area is 118 Å². The smallest absolute Gasteiger partial charge is 0.240 e. The number of phenolic OH excluding ortho intramolecular Hbond substituents is 1. The summed E-state index contributed by atoms with van der Waals surface area (Å²) < 4.78 is 0. The molecule has 0 aliphatic heterocycles. The second-order valence-corrected chi connectivity index (χ2v) is 4.50. The van der Waals surface area contributed by atoms with Gasteiger partial charge >= 0.3 is 0 Å². The van der Waals surface area contributed by atoms with Crippen LogP contribution in [-0.4, -0.2) is 48.0 Å². The SMILES string of the molecule is CCN(CC(=O)NC)C(=O)[C@@H](N)Cc1ccc(O)cc1. The van der Waals surface area contributed by atoms with E-state index in [1.807, 2.05) is 0 Å². The zero-order valence-electron chi connectivity index (χ0n) is 11.8. The van der Waals surface area contributed by atoms with E-state index in [0.717, 1.165) is 5.56 Å². The van der Waals surface area contributed by atoms with Crippen LogP contribution in [0, 0.1) is 0 Å². The van der Waals surface area contributed by atoms with Crippen molar-refractivity contribution in [2.24, 2.45) is 5.73 Å². The van der Waals surface area contributed by atoms with Crippen LogP contribution in [0.15, 0.2) is 24.3 Å². The van der Waals surface area contributed by atoms with E-state index in [2.05, 4.69) is 5.32 Å². The first-order valence-corrected chi connectivity index (χ1v) is 6.50. The molecule has 0 heterocycles. The van der Waals surface area contributed by atoms with Gasteiger partial charge in [0, 0.05) is 13.6 Å². The van der Waals surface area contributed by atoms with Crippen molar-refractivity contribution in [3.05, 3.63) is 29.8 Å². The molecule has 0 unspecified atom stereocenters. The van der Waals surface area contributed by atoms with E-state index in [4.69, 9.17) is 5.73 Å². The number of carbonyl (C=O) groups excluding carboxylic acids is 2. The number of rotatable bonds is 6. The maximum atomic E-state index is 12.2. The Hall–Kier alpha value is -2.08. The Balaban J connectivity index is 2.64. The van der Waals surface area contributed by atoms with Crippen molar-refractivity contribution in [1.29, 1.82) is 0 Å². The fraction of sp³-hybridized carbons (Fsp3) is 0.429. The molecule has 6 nitrogen and oxygen atoms in total. The van der Waals surface area contributed by atoms with Gasteiger partial charge in [-0.2, -0.15) is 0 Å². The first-order valence-electron chi connectivity index (χ1n) is 6.50. The summed E-state index contributed by atoms with van der Waals surface area (Å²) in [5, 5.41) is 11.7. The second kappa shape index (κ2) is 7.49. The molecular formula is C14H21N3O3. The average Bonchev–Trinajstić information content (AvgIpc) is 2.46. The Morgan fingerprint density at radius 2 is 1.95 bits per heavy atom. The van der Waals surface area contributed by atoms with E-state index in [1.165, 1.54) is 11.9 Å². The highest BCUT2D eigenvalue weighted by molar-refractivity contribution is 5.87. The van der Waals surface area contributed by atoms with Gasteiger partial charge in [-0.1, -0.05) is 12.1 Å². The number of amides is 2. The molecule has 0 aromatic heterocycles. The molecule has 4 N–H and O–H groups in total. The van der Waals surface area contributed by atoms with Crippen LogP contribution in [0.5, 0.6) is 5.75 Å². The van der Waals surface area contributed by atoms with Crippen molar-refractivity contribution >= 4 is 11.8 Å². The third-order valence-electron chi connectivity index (χ3n) is 3.02. The van der Waals surface area contributed by atoms with Crippen molar-refractivity contribution in [1.82, 2.24) is 10.2 Å². The highest BCUT2D eigenvalue weighted by atomic mass is 16.3. The Morgan fingerprint density at radius 1 is 1.35 bits per heavy atom. The van der Waals surface area contributed by atoms with Crippen LogP contribution in [0.4, 0.5) is 0 Å². The van der Waals surface area contributed by atoms with Crippen LogP contribution < -0.4 is 11.1 Å². The fourth-order valence-corrected chi connectivity index (χ4v) is 1.81. The normalized spacial score (nSPS) is 11.8. The number of hydrogen-bond acceptors (Lipinski definition) is 4. The molecule has 1 rings (SSSR count). The van der Waals surface area contributed by atoms with Crippen molar-refractivity contribution < 1.29 is 14.7 Å². The van der Waals surface area contributed by atoms with Crippen molar-refractivity contribution in [3.8, 4) is 5.75 Å². The average molecular weight is 279 g/mol. The van der Waals surface area contributed by atoms with Crippen LogP contribution in [0.3, 0.4) is 0 Å². The molecule has 1 aromatic rings. The molecule has 2 amide bonds. The minimum Gasteiger partial charge on any atom is -0.508 e. The van der Waals surface area contributed by atoms with Gasteiger partial charge in [0.15, 0.2) is 0 Å². The summed E-state index contributed by atoms with van der Waals surface area (Å²) in [6, 6.07) is 5.84.